The molecule has 0 unspecified atom stereocenters. The second kappa shape index (κ2) is 37.8. The van der Waals surface area contributed by atoms with Gasteiger partial charge in [0.15, 0.2) is 0 Å². The third kappa shape index (κ3) is 23.8. The van der Waals surface area contributed by atoms with E-state index in [1.54, 1.807) is 39.8 Å². The number of hydrogen-bond donors (Lipinski definition) is 17. The lowest BCUT2D eigenvalue weighted by Crippen LogP contribution is -2.61. The Bertz CT molecular complexity index is 3240. The maximum absolute atomic E-state index is 15.0. The number of aliphatic hydroxyl groups is 1. The number of fused-ring (bicyclic) bond motifs is 6. The Morgan fingerprint density at radius 3 is 2.00 bits per heavy atom. The van der Waals surface area contributed by atoms with Gasteiger partial charge in [0, 0.05) is 66.4 Å². The number of rotatable bonds is 18. The average molecular weight is 1410 g/mol. The first kappa shape index (κ1) is 76.7. The van der Waals surface area contributed by atoms with Crippen LogP contribution >= 0.6 is 43.2 Å². The average Bonchev–Trinajstić information content (AvgIpc) is 1.66. The number of phenolic OH excluding ortho intramolecular Hbond substituents is 1. The van der Waals surface area contributed by atoms with Crippen molar-refractivity contribution in [3.8, 4) is 5.75 Å². The van der Waals surface area contributed by atoms with Crippen molar-refractivity contribution in [2.45, 2.75) is 139 Å². The first-order chi connectivity index (χ1) is 45.7. The number of benzene rings is 2. The molecule has 0 radical (unpaired) electrons. The number of para-hydroxylation sites is 1. The molecule has 3 aliphatic heterocycles. The Kier molecular flexibility index (Phi) is 30.2. The summed E-state index contributed by atoms with van der Waals surface area (Å²) in [5, 5.41) is 49.9. The summed E-state index contributed by atoms with van der Waals surface area (Å²) in [6.07, 6.45) is 1.41. The van der Waals surface area contributed by atoms with E-state index in [-0.39, 0.29) is 84.6 Å². The van der Waals surface area contributed by atoms with Crippen molar-refractivity contribution >= 4 is 126 Å². The zero-order valence-electron chi connectivity index (χ0n) is 53.3. The summed E-state index contributed by atoms with van der Waals surface area (Å²) in [6, 6.07) is -2.81. The number of carbonyl (C=O) groups excluding carboxylic acids is 13. The molecular weight excluding hydrogens is 1330 g/mol. The number of hydrogen-bond acceptors (Lipinski definition) is 22. The van der Waals surface area contributed by atoms with Crippen LogP contribution in [0, 0.1) is 11.8 Å². The number of unbranched alkanes of at least 4 members (excludes halogenated alkanes) is 1. The zero-order valence-corrected chi connectivity index (χ0v) is 56.6. The number of nitrogens with one attached hydrogen (secondary N) is 12. The van der Waals surface area contributed by atoms with E-state index in [0.29, 0.717) is 24.1 Å². The summed E-state index contributed by atoms with van der Waals surface area (Å²) in [5.41, 5.74) is 18.6. The van der Waals surface area contributed by atoms with E-state index >= 15 is 0 Å². The molecule has 3 aromatic rings. The molecule has 3 fully saturated rings. The van der Waals surface area contributed by atoms with E-state index in [4.69, 9.17) is 17.2 Å². The fourth-order valence-electron chi connectivity index (χ4n) is 10.2. The third-order valence-electron chi connectivity index (χ3n) is 15.4. The lowest BCUT2D eigenvalue weighted by atomic mass is 10.0. The zero-order chi connectivity index (χ0) is 70.2. The summed E-state index contributed by atoms with van der Waals surface area (Å²) in [6.45, 7) is 5.17. The molecule has 0 saturated carbocycles. The Labute approximate surface area is 569 Å². The fourth-order valence-corrected chi connectivity index (χ4v) is 14.9. The van der Waals surface area contributed by atoms with Crippen LogP contribution in [0.1, 0.15) is 81.4 Å². The molecule has 524 valence electrons. The number of nitrogens with zero attached hydrogens (tertiary/aromatic N) is 2. The van der Waals surface area contributed by atoms with Gasteiger partial charge in [0.05, 0.1) is 31.1 Å². The molecule has 20 N–H and O–H groups in total. The monoisotopic (exact) mass is 1410 g/mol. The van der Waals surface area contributed by atoms with E-state index in [0.717, 1.165) is 48.1 Å². The number of nitrogen functional groups attached to an aromatic ring is 1. The van der Waals surface area contributed by atoms with E-state index in [1.165, 1.54) is 48.9 Å². The Morgan fingerprint density at radius 1 is 0.708 bits per heavy atom. The second-order valence-corrected chi connectivity index (χ2v) is 28.9. The van der Waals surface area contributed by atoms with Crippen LogP contribution in [0.3, 0.4) is 0 Å². The van der Waals surface area contributed by atoms with Crippen molar-refractivity contribution in [3.63, 3.8) is 0 Å². The molecule has 13 amide bonds. The number of phenols is 1. The molecule has 36 heteroatoms. The number of anilines is 1. The molecule has 96 heavy (non-hydrogen) atoms. The maximum atomic E-state index is 15.0. The highest BCUT2D eigenvalue weighted by Gasteiger charge is 2.44. The number of aliphatic hydroxyl groups excluding tert-OH is 1. The van der Waals surface area contributed by atoms with Crippen LogP contribution in [0.5, 0.6) is 5.75 Å². The first-order valence-electron chi connectivity index (χ1n) is 31.0. The number of H-pyrrole nitrogens is 1. The van der Waals surface area contributed by atoms with Gasteiger partial charge in [-0.05, 0) is 73.9 Å². The number of aromatic hydroxyl groups is 1. The number of aromatic nitrogens is 2. The van der Waals surface area contributed by atoms with Crippen LogP contribution in [-0.4, -0.2) is 218 Å². The molecule has 6 rings (SSSR count). The van der Waals surface area contributed by atoms with Crippen molar-refractivity contribution < 1.29 is 72.5 Å². The van der Waals surface area contributed by atoms with Gasteiger partial charge < -0.3 is 95.8 Å². The number of amides is 13. The quantitative estimate of drug-likeness (QED) is 0.0333. The predicted octanol–water partition coefficient (Wildman–Crippen LogP) is -3.54. The number of carbonyl (C=O) groups is 13. The van der Waals surface area contributed by atoms with Gasteiger partial charge in [0.25, 0.3) is 5.91 Å². The standard InChI is InChI=1S/C60H85N17O15S4/c1-30(2)17-39-54(86)74-44-27-96-94-26-43(52(84)66-22-47(80)68-40(18-32-12-14-34(78)15-13-32)55(87)69-38(53(85)70-39)11-7-8-16-61)73-57(89)45(75-59(91)49(31(3)4)76-48(81)23-65-51(83)36-9-5-6-10-37(36)62)28-95-93-25-42(50(63)82)72-58(90)46-20-35(79)24-77(46)60(92)41(71-56(44)88)19-33-21-64-29-67-33/h5-6,9-10,12-15,21,29-31,35,38-46,49,78-79H,7-8,11,16-20,22-28,61-62H2,1-4H3,(H2,63,82)(H,64,67)(H,65,83)(H,66,84)(H,68,80)(H,69,87)(H,70,85)(H,71,88)(H,72,90)(H,73,89)(H,74,86)(H,75,91)(H,76,81)/t35-,38+,39+,40+,41+,42+,43+,44+,45+,46+,49+/m1/s1. The molecule has 4 heterocycles. The number of imidazole rings is 1. The minimum atomic E-state index is -1.60. The summed E-state index contributed by atoms with van der Waals surface area (Å²) >= 11 is 0. The Hall–Kier alpha value is -8.32. The highest BCUT2D eigenvalue weighted by Crippen LogP contribution is 2.27. The minimum Gasteiger partial charge on any atom is -0.508 e. The van der Waals surface area contributed by atoms with Crippen LogP contribution in [0.15, 0.2) is 61.1 Å². The molecule has 0 spiro atoms. The largest absolute Gasteiger partial charge is 0.508 e. The molecule has 3 saturated heterocycles. The minimum absolute atomic E-state index is 0.00467. The predicted molar refractivity (Wildman–Crippen MR) is 360 cm³/mol. The van der Waals surface area contributed by atoms with Crippen LogP contribution in [0.4, 0.5) is 5.69 Å². The van der Waals surface area contributed by atoms with Gasteiger partial charge in [-0.2, -0.15) is 0 Å². The fraction of sp³-hybridized carbons (Fsp3) is 0.533. The summed E-state index contributed by atoms with van der Waals surface area (Å²) in [5.74, 6) is -13.9. The van der Waals surface area contributed by atoms with Gasteiger partial charge in [0.2, 0.25) is 70.9 Å². The van der Waals surface area contributed by atoms with E-state index in [1.807, 2.05) is 0 Å². The molecule has 3 aliphatic rings. The third-order valence-corrected chi connectivity index (χ3v) is 20.2. The normalized spacial score (nSPS) is 24.7. The number of primary amides is 1. The van der Waals surface area contributed by atoms with Crippen molar-refractivity contribution in [2.75, 3.05) is 54.9 Å². The van der Waals surface area contributed by atoms with Gasteiger partial charge in [-0.25, -0.2) is 4.98 Å². The van der Waals surface area contributed by atoms with Crippen molar-refractivity contribution in [2.24, 2.45) is 23.3 Å². The van der Waals surface area contributed by atoms with Gasteiger partial charge in [0.1, 0.15) is 66.2 Å². The Balaban J connectivity index is 1.41. The molecule has 11 atom stereocenters. The Morgan fingerprint density at radius 2 is 1.34 bits per heavy atom. The van der Waals surface area contributed by atoms with E-state index in [9.17, 15) is 72.5 Å². The molecule has 1 aromatic heterocycles. The molecular formula is C60H85N17O15S4. The van der Waals surface area contributed by atoms with E-state index in [2.05, 4.69) is 68.5 Å². The van der Waals surface area contributed by atoms with Crippen LogP contribution in [0.2, 0.25) is 0 Å². The summed E-state index contributed by atoms with van der Waals surface area (Å²) in [7, 11) is 3.68. The van der Waals surface area contributed by atoms with Crippen LogP contribution < -0.4 is 75.7 Å². The van der Waals surface area contributed by atoms with Gasteiger partial charge >= 0.3 is 0 Å². The van der Waals surface area contributed by atoms with E-state index < -0.39 is 169 Å². The summed E-state index contributed by atoms with van der Waals surface area (Å²) in [4.78, 5) is 193. The van der Waals surface area contributed by atoms with Gasteiger partial charge in [-0.3, -0.25) is 62.3 Å². The van der Waals surface area contributed by atoms with Gasteiger partial charge in [-0.15, -0.1) is 0 Å². The SMILES string of the molecule is CC(C)C[C@@H]1NC(=O)[C@H](CCCCN)NC(=O)[C@H](Cc2ccc(O)cc2)NC(=O)CNC(=O)[C@@H]2CSSC[C@H](NC1=O)C(=O)N[C@@H](Cc1cnc[nH]1)C(=O)N1C[C@H](O)C[C@H]1C(=O)N[C@H](C(N)=O)CSSC[C@H](NC(=O)[C@@H](NC(=O)CNC(=O)c1ccccc1N)C(C)C)C(=O)N2. The van der Waals surface area contributed by atoms with Crippen LogP contribution in [-0.2, 0) is 70.4 Å². The molecule has 0 aliphatic carbocycles. The lowest BCUT2D eigenvalue weighted by Gasteiger charge is -2.31. The van der Waals surface area contributed by atoms with Crippen molar-refractivity contribution in [1.82, 2.24) is 73.4 Å². The van der Waals surface area contributed by atoms with Crippen molar-refractivity contribution in [1.29, 1.82) is 0 Å². The first-order valence-corrected chi connectivity index (χ1v) is 36.0. The number of aromatic amines is 1. The molecule has 2 aromatic carbocycles. The van der Waals surface area contributed by atoms with Crippen LogP contribution in [0.25, 0.3) is 0 Å². The highest BCUT2D eigenvalue weighted by molar-refractivity contribution is 8.77. The number of nitrogens with two attached hydrogens (primary N) is 3. The van der Waals surface area contributed by atoms with Crippen molar-refractivity contribution in [3.05, 3.63) is 77.9 Å². The summed E-state index contributed by atoms with van der Waals surface area (Å²) < 4.78 is 0. The lowest BCUT2D eigenvalue weighted by molar-refractivity contribution is -0.142. The molecule has 2 bridgehead atoms. The highest BCUT2D eigenvalue weighted by atomic mass is 33.1. The smallest absolute Gasteiger partial charge is 0.253 e. The molecule has 32 nitrogen and oxygen atoms in total. The maximum Gasteiger partial charge on any atom is 0.253 e. The van der Waals surface area contributed by atoms with Gasteiger partial charge in [-0.1, -0.05) is 95.1 Å². The second-order valence-electron chi connectivity index (χ2n) is 23.8. The topological polar surface area (TPSA) is 505 Å².